The Kier molecular flexibility index (Phi) is 6.65. The van der Waals surface area contributed by atoms with Crippen LogP contribution in [0.25, 0.3) is 0 Å². The molecule has 3 amide bonds. The lowest BCUT2D eigenvalue weighted by atomic mass is 10.1. The van der Waals surface area contributed by atoms with Crippen molar-refractivity contribution in [2.24, 2.45) is 0 Å². The van der Waals surface area contributed by atoms with E-state index >= 15 is 0 Å². The molecule has 0 unspecified atom stereocenters. The van der Waals surface area contributed by atoms with Gasteiger partial charge in [0.2, 0.25) is 0 Å². The predicted octanol–water partition coefficient (Wildman–Crippen LogP) is 1.92. The minimum Gasteiger partial charge on any atom is -0.350 e. The van der Waals surface area contributed by atoms with Crippen LogP contribution in [0.15, 0.2) is 18.2 Å². The number of rotatable bonds is 6. The van der Waals surface area contributed by atoms with Gasteiger partial charge in [0.05, 0.1) is 0 Å². The first-order chi connectivity index (χ1) is 9.99. The van der Waals surface area contributed by atoms with Crippen molar-refractivity contribution in [1.82, 2.24) is 15.5 Å². The number of urea groups is 1. The number of carbonyl (C=O) groups excluding carboxylic acids is 2. The Morgan fingerprint density at radius 2 is 1.76 bits per heavy atom. The van der Waals surface area contributed by atoms with Crippen molar-refractivity contribution >= 4 is 11.9 Å². The second kappa shape index (κ2) is 8.24. The van der Waals surface area contributed by atoms with Crippen LogP contribution in [-0.4, -0.2) is 43.0 Å². The van der Waals surface area contributed by atoms with Gasteiger partial charge in [-0.25, -0.2) is 9.18 Å². The summed E-state index contributed by atoms with van der Waals surface area (Å²) >= 11 is 0. The fraction of sp³-hybridized carbons (Fsp3) is 0.467. The summed E-state index contributed by atoms with van der Waals surface area (Å²) in [4.78, 5) is 25.1. The number of nitrogens with zero attached hydrogens (tertiary/aromatic N) is 1. The van der Waals surface area contributed by atoms with Crippen molar-refractivity contribution in [3.63, 3.8) is 0 Å². The maximum atomic E-state index is 13.4. The van der Waals surface area contributed by atoms with Gasteiger partial charge < -0.3 is 15.5 Å². The second-order valence-electron chi connectivity index (χ2n) is 4.62. The minimum absolute atomic E-state index is 0.157. The number of carbonyl (C=O) groups is 2. The normalized spacial score (nSPS) is 10.1. The Morgan fingerprint density at radius 1 is 1.14 bits per heavy atom. The molecule has 6 heteroatoms. The van der Waals surface area contributed by atoms with Crippen molar-refractivity contribution in [2.45, 2.75) is 20.8 Å². The van der Waals surface area contributed by atoms with Crippen LogP contribution >= 0.6 is 0 Å². The molecule has 0 radical (unpaired) electrons. The van der Waals surface area contributed by atoms with Crippen LogP contribution in [0.2, 0.25) is 0 Å². The van der Waals surface area contributed by atoms with Crippen LogP contribution in [0.3, 0.4) is 0 Å². The topological polar surface area (TPSA) is 61.4 Å². The van der Waals surface area contributed by atoms with Crippen LogP contribution in [0.1, 0.15) is 29.8 Å². The van der Waals surface area contributed by atoms with Gasteiger partial charge in [-0.1, -0.05) is 6.07 Å². The highest BCUT2D eigenvalue weighted by atomic mass is 19.1. The molecule has 0 bridgehead atoms. The first-order valence-corrected chi connectivity index (χ1v) is 7.06. The summed E-state index contributed by atoms with van der Waals surface area (Å²) < 4.78 is 13.4. The van der Waals surface area contributed by atoms with Crippen molar-refractivity contribution in [3.8, 4) is 0 Å². The Morgan fingerprint density at radius 3 is 2.33 bits per heavy atom. The smallest absolute Gasteiger partial charge is 0.317 e. The molecule has 1 aromatic carbocycles. The SMILES string of the molecule is CCN(CC)C(=O)NCCNC(=O)c1ccc(C)c(F)c1. The predicted molar refractivity (Wildman–Crippen MR) is 79.8 cm³/mol. The van der Waals surface area contributed by atoms with E-state index in [1.165, 1.54) is 6.07 Å². The van der Waals surface area contributed by atoms with E-state index in [0.717, 1.165) is 0 Å². The third-order valence-corrected chi connectivity index (χ3v) is 3.17. The first kappa shape index (κ1) is 16.9. The molecule has 21 heavy (non-hydrogen) atoms. The van der Waals surface area contributed by atoms with Gasteiger partial charge in [-0.05, 0) is 38.5 Å². The molecule has 0 fully saturated rings. The molecule has 2 N–H and O–H groups in total. The van der Waals surface area contributed by atoms with Crippen LogP contribution < -0.4 is 10.6 Å². The van der Waals surface area contributed by atoms with Gasteiger partial charge in [-0.3, -0.25) is 4.79 Å². The zero-order valence-corrected chi connectivity index (χ0v) is 12.7. The largest absolute Gasteiger partial charge is 0.350 e. The summed E-state index contributed by atoms with van der Waals surface area (Å²) in [5.74, 6) is -0.761. The van der Waals surface area contributed by atoms with E-state index in [2.05, 4.69) is 10.6 Å². The highest BCUT2D eigenvalue weighted by molar-refractivity contribution is 5.94. The van der Waals surface area contributed by atoms with Gasteiger partial charge in [0.25, 0.3) is 5.91 Å². The molecule has 0 aliphatic carbocycles. The number of amides is 3. The van der Waals surface area contributed by atoms with Crippen LogP contribution in [-0.2, 0) is 0 Å². The van der Waals surface area contributed by atoms with E-state index in [1.807, 2.05) is 13.8 Å². The molecule has 0 aromatic heterocycles. The number of aryl methyl sites for hydroxylation is 1. The lowest BCUT2D eigenvalue weighted by Crippen LogP contribution is -2.42. The molecule has 0 aliphatic rings. The Balaban J connectivity index is 2.37. The number of hydrogen-bond acceptors (Lipinski definition) is 2. The number of benzene rings is 1. The van der Waals surface area contributed by atoms with E-state index in [1.54, 1.807) is 24.0 Å². The zero-order chi connectivity index (χ0) is 15.8. The molecule has 0 saturated heterocycles. The summed E-state index contributed by atoms with van der Waals surface area (Å²) in [6, 6.07) is 4.18. The molecular formula is C15H22FN3O2. The van der Waals surface area contributed by atoms with Gasteiger partial charge in [-0.15, -0.1) is 0 Å². The minimum atomic E-state index is -0.405. The maximum absolute atomic E-state index is 13.4. The van der Waals surface area contributed by atoms with Crippen LogP contribution in [0, 0.1) is 12.7 Å². The highest BCUT2D eigenvalue weighted by Crippen LogP contribution is 2.08. The Bertz CT molecular complexity index is 502. The molecular weight excluding hydrogens is 273 g/mol. The molecule has 1 aromatic rings. The molecule has 5 nitrogen and oxygen atoms in total. The average molecular weight is 295 g/mol. The monoisotopic (exact) mass is 295 g/mol. The molecule has 1 rings (SSSR count). The van der Waals surface area contributed by atoms with Gasteiger partial charge in [-0.2, -0.15) is 0 Å². The molecule has 116 valence electrons. The van der Waals surface area contributed by atoms with E-state index in [4.69, 9.17) is 0 Å². The van der Waals surface area contributed by atoms with Gasteiger partial charge in [0.1, 0.15) is 5.82 Å². The van der Waals surface area contributed by atoms with Gasteiger partial charge >= 0.3 is 6.03 Å². The van der Waals surface area contributed by atoms with Crippen molar-refractivity contribution in [3.05, 3.63) is 35.1 Å². The quantitative estimate of drug-likeness (QED) is 0.788. The Labute approximate surface area is 124 Å². The summed E-state index contributed by atoms with van der Waals surface area (Å²) in [6.07, 6.45) is 0. The summed E-state index contributed by atoms with van der Waals surface area (Å²) in [6.45, 7) is 7.33. The summed E-state index contributed by atoms with van der Waals surface area (Å²) in [7, 11) is 0. The van der Waals surface area contributed by atoms with Crippen LogP contribution in [0.4, 0.5) is 9.18 Å². The van der Waals surface area contributed by atoms with E-state index in [0.29, 0.717) is 31.7 Å². The lowest BCUT2D eigenvalue weighted by Gasteiger charge is -2.19. The van der Waals surface area contributed by atoms with Gasteiger partial charge in [0.15, 0.2) is 0 Å². The van der Waals surface area contributed by atoms with Crippen molar-refractivity contribution < 1.29 is 14.0 Å². The highest BCUT2D eigenvalue weighted by Gasteiger charge is 2.09. The van der Waals surface area contributed by atoms with Crippen molar-refractivity contribution in [2.75, 3.05) is 26.2 Å². The molecule has 0 atom stereocenters. The summed E-state index contributed by atoms with van der Waals surface area (Å²) in [5.41, 5.74) is 0.770. The Hall–Kier alpha value is -2.11. The molecule has 0 aliphatic heterocycles. The molecule has 0 heterocycles. The van der Waals surface area contributed by atoms with E-state index in [9.17, 15) is 14.0 Å². The third kappa shape index (κ3) is 5.06. The molecule has 0 saturated carbocycles. The second-order valence-corrected chi connectivity index (χ2v) is 4.62. The zero-order valence-electron chi connectivity index (χ0n) is 12.7. The first-order valence-electron chi connectivity index (χ1n) is 7.06. The maximum Gasteiger partial charge on any atom is 0.317 e. The number of hydrogen-bond donors (Lipinski definition) is 2. The van der Waals surface area contributed by atoms with Crippen LogP contribution in [0.5, 0.6) is 0 Å². The van der Waals surface area contributed by atoms with Gasteiger partial charge in [0, 0.05) is 31.7 Å². The standard InChI is InChI=1S/C15H22FN3O2/c1-4-19(5-2)15(21)18-9-8-17-14(20)12-7-6-11(3)13(16)10-12/h6-7,10H,4-5,8-9H2,1-3H3,(H,17,20)(H,18,21). The molecule has 0 spiro atoms. The summed E-state index contributed by atoms with van der Waals surface area (Å²) in [5, 5.41) is 5.35. The fourth-order valence-corrected chi connectivity index (χ4v) is 1.80. The number of nitrogens with one attached hydrogen (secondary N) is 2. The van der Waals surface area contributed by atoms with Crippen molar-refractivity contribution in [1.29, 1.82) is 0 Å². The lowest BCUT2D eigenvalue weighted by molar-refractivity contribution is 0.0953. The average Bonchev–Trinajstić information content (AvgIpc) is 2.47. The fourth-order valence-electron chi connectivity index (χ4n) is 1.80. The van der Waals surface area contributed by atoms with E-state index < -0.39 is 5.82 Å². The number of halogens is 1. The van der Waals surface area contributed by atoms with E-state index in [-0.39, 0.29) is 17.5 Å². The third-order valence-electron chi connectivity index (χ3n) is 3.17.